The Hall–Kier alpha value is -0.120. The predicted molar refractivity (Wildman–Crippen MR) is 39.1 cm³/mol. The molecular weight excluding hydrogens is 156 g/mol. The Morgan fingerprint density at radius 2 is 1.42 bits per heavy atom. The fraction of sp³-hybridized carbons (Fsp3) is 1.00. The third kappa shape index (κ3) is 0.543. The van der Waals surface area contributed by atoms with E-state index >= 15 is 0 Å². The van der Waals surface area contributed by atoms with E-state index in [0.717, 1.165) is 25.0 Å². The van der Waals surface area contributed by atoms with E-state index in [9.17, 15) is 0 Å². The summed E-state index contributed by atoms with van der Waals surface area (Å²) in [6, 6.07) is 0. The van der Waals surface area contributed by atoms with Gasteiger partial charge in [0.1, 0.15) is 0 Å². The zero-order valence-electron chi connectivity index (χ0n) is 6.81. The molecule has 66 valence electrons. The predicted octanol–water partition coefficient (Wildman–Crippen LogP) is 0.598. The summed E-state index contributed by atoms with van der Waals surface area (Å²) in [5, 5.41) is 0. The fourth-order valence-corrected chi connectivity index (χ4v) is 3.55. The molecule has 4 rings (SSSR count). The summed E-state index contributed by atoms with van der Waals surface area (Å²) in [4.78, 5) is 0. The second-order valence-electron chi connectivity index (χ2n) is 4.45. The average molecular weight is 168 g/mol. The highest BCUT2D eigenvalue weighted by atomic mass is 16.8. The first-order valence-corrected chi connectivity index (χ1v) is 4.82. The van der Waals surface area contributed by atoms with Crippen LogP contribution in [-0.4, -0.2) is 25.8 Å². The van der Waals surface area contributed by atoms with Gasteiger partial charge in [0.05, 0.1) is 13.2 Å². The number of hydrogen-bond donors (Lipinski definition) is 0. The van der Waals surface area contributed by atoms with Crippen molar-refractivity contribution in [1.29, 1.82) is 0 Å². The molecule has 0 amide bonds. The van der Waals surface area contributed by atoms with Crippen LogP contribution in [-0.2, 0) is 14.2 Å². The number of ether oxygens (including phenoxy) is 3. The van der Waals surface area contributed by atoms with E-state index in [2.05, 4.69) is 0 Å². The van der Waals surface area contributed by atoms with Gasteiger partial charge >= 0.3 is 0 Å². The van der Waals surface area contributed by atoms with Crippen LogP contribution in [0.2, 0.25) is 0 Å². The molecule has 1 saturated carbocycles. The lowest BCUT2D eigenvalue weighted by Crippen LogP contribution is -2.16. The minimum absolute atomic E-state index is 0.0790. The summed E-state index contributed by atoms with van der Waals surface area (Å²) < 4.78 is 16.8. The normalized spacial score (nSPS) is 66.0. The number of hydrogen-bond acceptors (Lipinski definition) is 3. The van der Waals surface area contributed by atoms with Crippen molar-refractivity contribution in [2.24, 2.45) is 23.7 Å². The first-order chi connectivity index (χ1) is 5.93. The SMILES string of the molecule is C1O[C@@H]2O[C@@H]3OC[C@@H]4C[C@H]1[C@@H]2[C@@H]43. The quantitative estimate of drug-likeness (QED) is 0.530. The molecule has 3 aliphatic heterocycles. The summed E-state index contributed by atoms with van der Waals surface area (Å²) in [6.45, 7) is 1.85. The van der Waals surface area contributed by atoms with Crippen molar-refractivity contribution in [3.63, 3.8) is 0 Å². The second kappa shape index (κ2) is 1.86. The molecular formula is C9H12O3. The fourth-order valence-electron chi connectivity index (χ4n) is 3.55. The van der Waals surface area contributed by atoms with Crippen LogP contribution < -0.4 is 0 Å². The van der Waals surface area contributed by atoms with Crippen molar-refractivity contribution >= 4 is 0 Å². The van der Waals surface area contributed by atoms with Crippen LogP contribution in [0.3, 0.4) is 0 Å². The molecule has 0 aromatic heterocycles. The molecule has 0 spiro atoms. The van der Waals surface area contributed by atoms with Crippen LogP contribution in [0.25, 0.3) is 0 Å². The lowest BCUT2D eigenvalue weighted by Gasteiger charge is -2.09. The maximum absolute atomic E-state index is 5.67. The van der Waals surface area contributed by atoms with Crippen LogP contribution in [0.15, 0.2) is 0 Å². The summed E-state index contributed by atoms with van der Waals surface area (Å²) in [6.07, 6.45) is 1.47. The minimum Gasteiger partial charge on any atom is -0.352 e. The van der Waals surface area contributed by atoms with E-state index in [4.69, 9.17) is 14.2 Å². The Labute approximate surface area is 71.0 Å². The van der Waals surface area contributed by atoms with Gasteiger partial charge in [-0.15, -0.1) is 0 Å². The van der Waals surface area contributed by atoms with Crippen LogP contribution in [0.5, 0.6) is 0 Å². The summed E-state index contributed by atoms with van der Waals surface area (Å²) in [5.41, 5.74) is 0. The molecule has 0 N–H and O–H groups in total. The molecule has 0 aromatic rings. The van der Waals surface area contributed by atoms with Crippen molar-refractivity contribution in [2.75, 3.05) is 13.2 Å². The zero-order valence-corrected chi connectivity index (χ0v) is 6.81. The van der Waals surface area contributed by atoms with E-state index in [1.54, 1.807) is 0 Å². The van der Waals surface area contributed by atoms with Gasteiger partial charge in [0.15, 0.2) is 12.6 Å². The topological polar surface area (TPSA) is 27.7 Å². The monoisotopic (exact) mass is 168 g/mol. The maximum Gasteiger partial charge on any atom is 0.164 e. The Kier molecular flexibility index (Phi) is 0.986. The average Bonchev–Trinajstić information content (AvgIpc) is 2.71. The maximum atomic E-state index is 5.67. The molecule has 3 saturated heterocycles. The molecule has 3 heteroatoms. The van der Waals surface area contributed by atoms with E-state index in [1.165, 1.54) is 6.42 Å². The summed E-state index contributed by atoms with van der Waals surface area (Å²) >= 11 is 0. The van der Waals surface area contributed by atoms with E-state index < -0.39 is 0 Å². The molecule has 0 aromatic carbocycles. The molecule has 0 radical (unpaired) electrons. The third-order valence-corrected chi connectivity index (χ3v) is 3.98. The molecule has 0 bridgehead atoms. The van der Waals surface area contributed by atoms with Crippen molar-refractivity contribution < 1.29 is 14.2 Å². The highest BCUT2D eigenvalue weighted by Crippen LogP contribution is 2.57. The zero-order chi connectivity index (χ0) is 7.71. The van der Waals surface area contributed by atoms with Gasteiger partial charge in [-0.05, 0) is 18.3 Å². The number of rotatable bonds is 0. The van der Waals surface area contributed by atoms with E-state index in [-0.39, 0.29) is 12.6 Å². The second-order valence-corrected chi connectivity index (χ2v) is 4.45. The van der Waals surface area contributed by atoms with Gasteiger partial charge in [0.25, 0.3) is 0 Å². The van der Waals surface area contributed by atoms with Gasteiger partial charge in [0, 0.05) is 11.8 Å². The van der Waals surface area contributed by atoms with Crippen LogP contribution in [0.1, 0.15) is 6.42 Å². The molecule has 0 unspecified atom stereocenters. The van der Waals surface area contributed by atoms with Gasteiger partial charge in [-0.25, -0.2) is 0 Å². The smallest absolute Gasteiger partial charge is 0.164 e. The lowest BCUT2D eigenvalue weighted by molar-refractivity contribution is -0.189. The Morgan fingerprint density at radius 3 is 2.00 bits per heavy atom. The van der Waals surface area contributed by atoms with Crippen molar-refractivity contribution in [2.45, 2.75) is 19.0 Å². The van der Waals surface area contributed by atoms with Gasteiger partial charge in [-0.2, -0.15) is 0 Å². The Balaban J connectivity index is 1.80. The van der Waals surface area contributed by atoms with Crippen LogP contribution in [0.4, 0.5) is 0 Å². The molecule has 6 atom stereocenters. The van der Waals surface area contributed by atoms with Crippen LogP contribution in [0, 0.1) is 23.7 Å². The molecule has 3 heterocycles. The molecule has 1 aliphatic carbocycles. The van der Waals surface area contributed by atoms with E-state index in [0.29, 0.717) is 11.8 Å². The lowest BCUT2D eigenvalue weighted by atomic mass is 9.91. The highest BCUT2D eigenvalue weighted by Gasteiger charge is 2.62. The third-order valence-electron chi connectivity index (χ3n) is 3.98. The Morgan fingerprint density at radius 1 is 0.833 bits per heavy atom. The molecule has 4 aliphatic rings. The largest absolute Gasteiger partial charge is 0.352 e. The molecule has 4 fully saturated rings. The molecule has 12 heavy (non-hydrogen) atoms. The highest BCUT2D eigenvalue weighted by molar-refractivity contribution is 5.03. The van der Waals surface area contributed by atoms with Gasteiger partial charge in [-0.1, -0.05) is 0 Å². The van der Waals surface area contributed by atoms with Crippen molar-refractivity contribution in [3.05, 3.63) is 0 Å². The van der Waals surface area contributed by atoms with Crippen molar-refractivity contribution in [3.8, 4) is 0 Å². The summed E-state index contributed by atoms with van der Waals surface area (Å²) in [5.74, 6) is 2.89. The molecule has 3 nitrogen and oxygen atoms in total. The summed E-state index contributed by atoms with van der Waals surface area (Å²) in [7, 11) is 0. The standard InChI is InChI=1S/C9H12O3/c1-4-2-10-8-6(4)7-5(1)3-11-9(7)12-8/h4-9H,1-3H2/t4-,5+,6-,7-,8-,9+/m1/s1. The van der Waals surface area contributed by atoms with Gasteiger partial charge < -0.3 is 14.2 Å². The van der Waals surface area contributed by atoms with Crippen molar-refractivity contribution in [1.82, 2.24) is 0 Å². The first kappa shape index (κ1) is 6.35. The minimum atomic E-state index is 0.0790. The van der Waals surface area contributed by atoms with Gasteiger partial charge in [-0.3, -0.25) is 0 Å². The van der Waals surface area contributed by atoms with E-state index in [1.807, 2.05) is 0 Å². The van der Waals surface area contributed by atoms with Gasteiger partial charge in [0.2, 0.25) is 0 Å². The Bertz CT molecular complexity index is 186. The van der Waals surface area contributed by atoms with Crippen LogP contribution >= 0.6 is 0 Å². The first-order valence-electron chi connectivity index (χ1n) is 4.82.